The molecule has 2 aromatic rings. The number of nitriles is 1. The van der Waals surface area contributed by atoms with Gasteiger partial charge in [-0.3, -0.25) is 4.79 Å². The van der Waals surface area contributed by atoms with Crippen LogP contribution < -0.4 is 10.5 Å². The Kier molecular flexibility index (Phi) is 5.32. The lowest BCUT2D eigenvalue weighted by Crippen LogP contribution is -2.12. The molecule has 3 N–H and O–H groups in total. The standard InChI is InChI=1S/C18H14N2O4/c19-10-15(17(20)21)8-12-4-6-16(7-5-12)24-11-13-2-1-3-14(9-13)18(22)23/h1-9H,11H2,(H2,20,21)(H,22,23)/b15-8+. The molecule has 0 aliphatic carbocycles. The van der Waals surface area contributed by atoms with Crippen LogP contribution in [-0.2, 0) is 11.4 Å². The van der Waals surface area contributed by atoms with E-state index in [9.17, 15) is 9.59 Å². The number of nitrogens with two attached hydrogens (primary N) is 1. The van der Waals surface area contributed by atoms with Crippen LogP contribution in [0.25, 0.3) is 6.08 Å². The van der Waals surface area contributed by atoms with E-state index in [1.54, 1.807) is 48.5 Å². The Morgan fingerprint density at radius 2 is 1.92 bits per heavy atom. The van der Waals surface area contributed by atoms with Gasteiger partial charge < -0.3 is 15.6 Å². The highest BCUT2D eigenvalue weighted by atomic mass is 16.5. The molecule has 6 heteroatoms. The normalized spacial score (nSPS) is 10.7. The van der Waals surface area contributed by atoms with Crippen molar-refractivity contribution in [3.8, 4) is 11.8 Å². The fourth-order valence-corrected chi connectivity index (χ4v) is 1.95. The van der Waals surface area contributed by atoms with Gasteiger partial charge in [0.05, 0.1) is 5.56 Å². The van der Waals surface area contributed by atoms with Gasteiger partial charge in [0, 0.05) is 0 Å². The topological polar surface area (TPSA) is 113 Å². The monoisotopic (exact) mass is 322 g/mol. The summed E-state index contributed by atoms with van der Waals surface area (Å²) in [6, 6.07) is 15.0. The molecule has 0 aromatic heterocycles. The minimum Gasteiger partial charge on any atom is -0.489 e. The summed E-state index contributed by atoms with van der Waals surface area (Å²) in [6.07, 6.45) is 1.39. The maximum Gasteiger partial charge on any atom is 0.335 e. The van der Waals surface area contributed by atoms with Crippen molar-refractivity contribution >= 4 is 18.0 Å². The number of carboxylic acids is 1. The Morgan fingerprint density at radius 3 is 2.50 bits per heavy atom. The summed E-state index contributed by atoms with van der Waals surface area (Å²) in [6.45, 7) is 0.223. The predicted molar refractivity (Wildman–Crippen MR) is 87.0 cm³/mol. The second-order valence-corrected chi connectivity index (χ2v) is 4.90. The first-order valence-electron chi connectivity index (χ1n) is 6.96. The average molecular weight is 322 g/mol. The van der Waals surface area contributed by atoms with Gasteiger partial charge in [-0.2, -0.15) is 5.26 Å². The average Bonchev–Trinajstić information content (AvgIpc) is 2.58. The van der Waals surface area contributed by atoms with E-state index in [1.807, 2.05) is 0 Å². The largest absolute Gasteiger partial charge is 0.489 e. The Hall–Kier alpha value is -3.59. The zero-order chi connectivity index (χ0) is 17.5. The van der Waals surface area contributed by atoms with Gasteiger partial charge in [-0.1, -0.05) is 24.3 Å². The maximum absolute atomic E-state index is 11.0. The quantitative estimate of drug-likeness (QED) is 0.626. The summed E-state index contributed by atoms with van der Waals surface area (Å²) in [5.41, 5.74) is 6.52. The van der Waals surface area contributed by atoms with E-state index in [4.69, 9.17) is 20.8 Å². The highest BCUT2D eigenvalue weighted by molar-refractivity contribution is 6.00. The molecule has 2 aromatic carbocycles. The number of aromatic carboxylic acids is 1. The maximum atomic E-state index is 11.0. The van der Waals surface area contributed by atoms with Crippen molar-refractivity contribution in [2.75, 3.05) is 0 Å². The van der Waals surface area contributed by atoms with E-state index in [-0.39, 0.29) is 17.7 Å². The SMILES string of the molecule is N#C/C(=C\c1ccc(OCc2cccc(C(=O)O)c2)cc1)C(N)=O. The number of hydrogen-bond donors (Lipinski definition) is 2. The third kappa shape index (κ3) is 4.45. The van der Waals surface area contributed by atoms with Crippen LogP contribution in [0.15, 0.2) is 54.1 Å². The molecule has 0 aliphatic heterocycles. The third-order valence-electron chi connectivity index (χ3n) is 3.16. The van der Waals surface area contributed by atoms with E-state index in [2.05, 4.69) is 0 Å². The van der Waals surface area contributed by atoms with Crippen molar-refractivity contribution in [2.45, 2.75) is 6.61 Å². The molecule has 2 rings (SSSR count). The molecule has 0 saturated heterocycles. The summed E-state index contributed by atoms with van der Waals surface area (Å²) >= 11 is 0. The molecule has 24 heavy (non-hydrogen) atoms. The van der Waals surface area contributed by atoms with Crippen molar-refractivity contribution < 1.29 is 19.4 Å². The van der Waals surface area contributed by atoms with E-state index in [1.165, 1.54) is 12.1 Å². The molecule has 0 saturated carbocycles. The first kappa shape index (κ1) is 16.8. The highest BCUT2D eigenvalue weighted by Gasteiger charge is 2.05. The van der Waals surface area contributed by atoms with E-state index >= 15 is 0 Å². The number of ether oxygens (including phenoxy) is 1. The molecule has 1 amide bonds. The number of benzene rings is 2. The first-order valence-corrected chi connectivity index (χ1v) is 6.96. The van der Waals surface area contributed by atoms with Gasteiger partial charge in [-0.25, -0.2) is 4.79 Å². The molecule has 0 unspecified atom stereocenters. The lowest BCUT2D eigenvalue weighted by atomic mass is 10.1. The number of hydrogen-bond acceptors (Lipinski definition) is 4. The van der Waals surface area contributed by atoms with Gasteiger partial charge in [-0.15, -0.1) is 0 Å². The summed E-state index contributed by atoms with van der Waals surface area (Å²) in [4.78, 5) is 21.9. The minimum absolute atomic E-state index is 0.130. The van der Waals surface area contributed by atoms with Gasteiger partial charge >= 0.3 is 5.97 Å². The first-order chi connectivity index (χ1) is 11.5. The minimum atomic E-state index is -0.990. The van der Waals surface area contributed by atoms with Gasteiger partial charge in [0.1, 0.15) is 24.0 Å². The van der Waals surface area contributed by atoms with Gasteiger partial charge in [0.15, 0.2) is 0 Å². The van der Waals surface area contributed by atoms with Crippen LogP contribution in [0.1, 0.15) is 21.5 Å². The van der Waals surface area contributed by atoms with Crippen LogP contribution in [-0.4, -0.2) is 17.0 Å². The zero-order valence-corrected chi connectivity index (χ0v) is 12.6. The molecule has 0 bridgehead atoms. The number of primary amides is 1. The van der Waals surface area contributed by atoms with Crippen molar-refractivity contribution in [1.82, 2.24) is 0 Å². The van der Waals surface area contributed by atoms with Crippen LogP contribution in [0.3, 0.4) is 0 Å². The van der Waals surface area contributed by atoms with Crippen molar-refractivity contribution in [1.29, 1.82) is 5.26 Å². The number of carbonyl (C=O) groups excluding carboxylic acids is 1. The Morgan fingerprint density at radius 1 is 1.21 bits per heavy atom. The zero-order valence-electron chi connectivity index (χ0n) is 12.6. The van der Waals surface area contributed by atoms with Crippen LogP contribution in [0.4, 0.5) is 0 Å². The van der Waals surface area contributed by atoms with Gasteiger partial charge in [0.2, 0.25) is 0 Å². The lowest BCUT2D eigenvalue weighted by molar-refractivity contribution is -0.114. The van der Waals surface area contributed by atoms with E-state index in [0.29, 0.717) is 11.3 Å². The van der Waals surface area contributed by atoms with Crippen LogP contribution in [0.5, 0.6) is 5.75 Å². The second-order valence-electron chi connectivity index (χ2n) is 4.90. The van der Waals surface area contributed by atoms with Crippen molar-refractivity contribution in [3.63, 3.8) is 0 Å². The van der Waals surface area contributed by atoms with Crippen molar-refractivity contribution in [3.05, 3.63) is 70.8 Å². The number of carbonyl (C=O) groups is 2. The van der Waals surface area contributed by atoms with Crippen molar-refractivity contribution in [2.24, 2.45) is 5.73 Å². The Balaban J connectivity index is 2.05. The molecule has 0 radical (unpaired) electrons. The third-order valence-corrected chi connectivity index (χ3v) is 3.16. The van der Waals surface area contributed by atoms with Crippen LogP contribution in [0.2, 0.25) is 0 Å². The van der Waals surface area contributed by atoms with E-state index < -0.39 is 11.9 Å². The fraction of sp³-hybridized carbons (Fsp3) is 0.0556. The molecular weight excluding hydrogens is 308 g/mol. The Labute approximate surface area is 138 Å². The molecule has 0 atom stereocenters. The molecular formula is C18H14N2O4. The summed E-state index contributed by atoms with van der Waals surface area (Å²) in [5, 5.41) is 17.8. The number of nitrogens with zero attached hydrogens (tertiary/aromatic N) is 1. The van der Waals surface area contributed by atoms with Crippen LogP contribution >= 0.6 is 0 Å². The molecule has 0 spiro atoms. The second kappa shape index (κ2) is 7.61. The number of carboxylic acid groups (broad SMARTS) is 1. The lowest BCUT2D eigenvalue weighted by Gasteiger charge is -2.07. The molecule has 6 nitrogen and oxygen atoms in total. The Bertz CT molecular complexity index is 833. The molecule has 0 fully saturated rings. The smallest absolute Gasteiger partial charge is 0.335 e. The van der Waals surface area contributed by atoms with E-state index in [0.717, 1.165) is 5.56 Å². The molecule has 0 heterocycles. The molecule has 0 aliphatic rings. The van der Waals surface area contributed by atoms with Gasteiger partial charge in [-0.05, 0) is 41.5 Å². The molecule has 120 valence electrons. The number of rotatable bonds is 6. The van der Waals surface area contributed by atoms with Gasteiger partial charge in [0.25, 0.3) is 5.91 Å². The summed E-state index contributed by atoms with van der Waals surface area (Å²) in [7, 11) is 0. The summed E-state index contributed by atoms with van der Waals surface area (Å²) in [5.74, 6) is -1.20. The predicted octanol–water partition coefficient (Wildman–Crippen LogP) is 2.36. The summed E-state index contributed by atoms with van der Waals surface area (Å²) < 4.78 is 5.59. The number of amides is 1. The highest BCUT2D eigenvalue weighted by Crippen LogP contribution is 2.16. The fourth-order valence-electron chi connectivity index (χ4n) is 1.95. The van der Waals surface area contributed by atoms with Crippen LogP contribution in [0, 0.1) is 11.3 Å².